The van der Waals surface area contributed by atoms with E-state index in [-0.39, 0.29) is 42.4 Å². The molecule has 216 valence electrons. The summed E-state index contributed by atoms with van der Waals surface area (Å²) in [6, 6.07) is 4.25. The van der Waals surface area contributed by atoms with E-state index in [1.54, 1.807) is 6.07 Å². The molecule has 0 spiro atoms. The maximum atomic E-state index is 16.0. The molecule has 0 amide bonds. The number of benzene rings is 1. The van der Waals surface area contributed by atoms with E-state index in [1.165, 1.54) is 39.1 Å². The van der Waals surface area contributed by atoms with Gasteiger partial charge in [-0.1, -0.05) is 18.2 Å². The number of rotatable bonds is 4. The van der Waals surface area contributed by atoms with Crippen LogP contribution in [0.15, 0.2) is 18.7 Å². The largest absolute Gasteiger partial charge is 0.467 e. The molecule has 2 atom stereocenters. The number of aromatic nitrogens is 2. The Balaban J connectivity index is 0.000000500. The summed E-state index contributed by atoms with van der Waals surface area (Å²) < 4.78 is 35.8. The summed E-state index contributed by atoms with van der Waals surface area (Å²) in [5.74, 6) is -0.862. The van der Waals surface area contributed by atoms with Crippen LogP contribution in [-0.4, -0.2) is 67.3 Å². The lowest BCUT2D eigenvalue weighted by Gasteiger charge is -2.34. The molecule has 6 rings (SSSR count). The van der Waals surface area contributed by atoms with Gasteiger partial charge in [0.05, 0.1) is 22.2 Å². The lowest BCUT2D eigenvalue weighted by Crippen LogP contribution is -2.51. The van der Waals surface area contributed by atoms with E-state index in [9.17, 15) is 9.65 Å². The normalized spacial score (nSPS) is 21.5. The number of halogens is 3. The molecule has 3 fully saturated rings. The number of anilines is 2. The number of nitriles is 1. The van der Waals surface area contributed by atoms with Gasteiger partial charge in [-0.3, -0.25) is 0 Å². The lowest BCUT2D eigenvalue weighted by molar-refractivity contribution is 0.380. The molecule has 8 nitrogen and oxygen atoms in total. The van der Waals surface area contributed by atoms with E-state index in [0.29, 0.717) is 23.3 Å². The highest BCUT2D eigenvalue weighted by atomic mass is 35.5. The van der Waals surface area contributed by atoms with Crippen molar-refractivity contribution in [2.45, 2.75) is 37.8 Å². The van der Waals surface area contributed by atoms with E-state index < -0.39 is 11.6 Å². The molecule has 3 aliphatic rings. The molecule has 0 radical (unpaired) electrons. The fourth-order valence-corrected chi connectivity index (χ4v) is 6.79. The fraction of sp³-hybridized carbons (Fsp3) is 0.414. The summed E-state index contributed by atoms with van der Waals surface area (Å²) in [7, 11) is 3.59. The summed E-state index contributed by atoms with van der Waals surface area (Å²) in [5, 5.41) is 13.9. The Morgan fingerprint density at radius 2 is 1.98 bits per heavy atom. The number of methoxy groups -OCH3 is 1. The third kappa shape index (κ3) is 5.88. The Bertz CT molecular complexity index is 1640. The first kappa shape index (κ1) is 29.2. The zero-order chi connectivity index (χ0) is 29.3. The van der Waals surface area contributed by atoms with E-state index in [2.05, 4.69) is 38.7 Å². The SMILES string of the molecule is C=C/C(F)=c1/sc(N)c(C#N)/c1=C\c1c(Cl)cc2c(N3CC4CCC(C3)N4)nc(OC)nc2c1F.CN1CCCC1. The number of ether oxygens (including phenoxy) is 1. The van der Waals surface area contributed by atoms with Crippen LogP contribution in [0.2, 0.25) is 5.02 Å². The van der Waals surface area contributed by atoms with Gasteiger partial charge in [0.2, 0.25) is 0 Å². The molecule has 3 N–H and O–H groups in total. The Labute approximate surface area is 246 Å². The maximum Gasteiger partial charge on any atom is 0.318 e. The molecular formula is C29H32ClF2N7OS. The van der Waals surface area contributed by atoms with Gasteiger partial charge in [0.25, 0.3) is 0 Å². The molecular weight excluding hydrogens is 568 g/mol. The third-order valence-corrected chi connectivity index (χ3v) is 9.03. The first-order valence-corrected chi connectivity index (χ1v) is 14.7. The van der Waals surface area contributed by atoms with Gasteiger partial charge < -0.3 is 25.6 Å². The average molecular weight is 600 g/mol. The van der Waals surface area contributed by atoms with Crippen LogP contribution in [0.5, 0.6) is 6.01 Å². The van der Waals surface area contributed by atoms with Crippen molar-refractivity contribution in [2.24, 2.45) is 0 Å². The van der Waals surface area contributed by atoms with Gasteiger partial charge in [-0.05, 0) is 64.0 Å². The minimum atomic E-state index is -0.730. The molecule has 5 heterocycles. The molecule has 3 aromatic rings. The van der Waals surface area contributed by atoms with Gasteiger partial charge in [0.15, 0.2) is 5.82 Å². The molecule has 2 bridgehead atoms. The number of allylic oxidation sites excluding steroid dienone is 1. The standard InChI is InChI=1S/C24H21ClF2N6OS.C5H11N/c1-3-18(26)21-13(16(8-28)22(29)35-21)6-14-17(25)7-15-20(19(14)27)31-24(34-2)32-23(15)33-9-11-4-5-12(10-33)30-11;1-6-4-2-3-5-6/h3,6-7,11-12,30H,1,4-5,9-10,29H2,2H3;2-5H2,1H3/b13-6+,21-18-;. The van der Waals surface area contributed by atoms with Crippen molar-refractivity contribution in [3.8, 4) is 12.1 Å². The highest BCUT2D eigenvalue weighted by Crippen LogP contribution is 2.36. The van der Waals surface area contributed by atoms with Crippen LogP contribution in [0.4, 0.5) is 19.6 Å². The molecule has 41 heavy (non-hydrogen) atoms. The van der Waals surface area contributed by atoms with Crippen LogP contribution < -0.4 is 30.4 Å². The molecule has 0 saturated carbocycles. The summed E-state index contributed by atoms with van der Waals surface area (Å²) in [6.07, 6.45) is 7.29. The second-order valence-electron chi connectivity index (χ2n) is 10.5. The van der Waals surface area contributed by atoms with E-state index >= 15 is 4.39 Å². The second-order valence-corrected chi connectivity index (χ2v) is 11.9. The number of fused-ring (bicyclic) bond motifs is 3. The number of likely N-dealkylation sites (tertiary alicyclic amines) is 1. The van der Waals surface area contributed by atoms with Gasteiger partial charge in [-0.15, -0.1) is 11.3 Å². The summed E-state index contributed by atoms with van der Waals surface area (Å²) >= 11 is 7.44. The lowest BCUT2D eigenvalue weighted by atomic mass is 10.1. The van der Waals surface area contributed by atoms with Crippen LogP contribution >= 0.6 is 22.9 Å². The van der Waals surface area contributed by atoms with Crippen molar-refractivity contribution < 1.29 is 13.5 Å². The minimum Gasteiger partial charge on any atom is -0.467 e. The van der Waals surface area contributed by atoms with Gasteiger partial charge in [0, 0.05) is 41.3 Å². The molecule has 2 unspecified atom stereocenters. The average Bonchev–Trinajstić information content (AvgIpc) is 3.68. The summed E-state index contributed by atoms with van der Waals surface area (Å²) in [4.78, 5) is 13.2. The monoisotopic (exact) mass is 599 g/mol. The van der Waals surface area contributed by atoms with Gasteiger partial charge in [-0.2, -0.15) is 15.2 Å². The molecule has 1 aromatic carbocycles. The quantitative estimate of drug-likeness (QED) is 0.468. The molecule has 0 aliphatic carbocycles. The highest BCUT2D eigenvalue weighted by molar-refractivity contribution is 7.14. The van der Waals surface area contributed by atoms with Crippen molar-refractivity contribution in [2.75, 3.05) is 51.0 Å². The van der Waals surface area contributed by atoms with Crippen LogP contribution in [-0.2, 0) is 0 Å². The van der Waals surface area contributed by atoms with E-state index in [4.69, 9.17) is 22.1 Å². The first-order chi connectivity index (χ1) is 19.7. The maximum absolute atomic E-state index is 16.0. The third-order valence-electron chi connectivity index (χ3n) is 7.68. The smallest absolute Gasteiger partial charge is 0.318 e. The fourth-order valence-electron chi connectivity index (χ4n) is 5.61. The zero-order valence-electron chi connectivity index (χ0n) is 23.0. The predicted molar refractivity (Wildman–Crippen MR) is 161 cm³/mol. The van der Waals surface area contributed by atoms with Gasteiger partial charge >= 0.3 is 6.01 Å². The number of hydrogen-bond donors (Lipinski definition) is 2. The van der Waals surface area contributed by atoms with Crippen LogP contribution in [0.25, 0.3) is 22.8 Å². The van der Waals surface area contributed by atoms with Crippen LogP contribution in [0.1, 0.15) is 36.8 Å². The number of nitrogens with one attached hydrogen (secondary N) is 1. The topological polar surface area (TPSA) is 103 Å². The Morgan fingerprint density at radius 3 is 2.54 bits per heavy atom. The second kappa shape index (κ2) is 12.3. The number of nitrogens with two attached hydrogens (primary N) is 1. The number of piperazine rings is 1. The van der Waals surface area contributed by atoms with Crippen molar-refractivity contribution in [1.82, 2.24) is 20.2 Å². The molecule has 3 saturated heterocycles. The Morgan fingerprint density at radius 1 is 1.29 bits per heavy atom. The molecule has 12 heteroatoms. The predicted octanol–water partition coefficient (Wildman–Crippen LogP) is 3.69. The van der Waals surface area contributed by atoms with Crippen LogP contribution in [0.3, 0.4) is 0 Å². The minimum absolute atomic E-state index is 0.0183. The number of nitrogens with zero attached hydrogens (tertiary/aromatic N) is 5. The summed E-state index contributed by atoms with van der Waals surface area (Å²) in [5.41, 5.74) is 5.93. The zero-order valence-corrected chi connectivity index (χ0v) is 24.6. The molecule has 2 aromatic heterocycles. The van der Waals surface area contributed by atoms with E-state index in [1.807, 2.05) is 6.07 Å². The summed E-state index contributed by atoms with van der Waals surface area (Å²) in [6.45, 7) is 7.51. The Kier molecular flexibility index (Phi) is 8.75. The van der Waals surface area contributed by atoms with E-state index in [0.717, 1.165) is 43.3 Å². The Hall–Kier alpha value is -3.30. The van der Waals surface area contributed by atoms with Crippen LogP contribution in [0, 0.1) is 17.1 Å². The number of nitrogen functional groups attached to an aromatic ring is 1. The van der Waals surface area contributed by atoms with Crippen molar-refractivity contribution in [3.05, 3.63) is 50.4 Å². The van der Waals surface area contributed by atoms with Gasteiger partial charge in [-0.25, -0.2) is 8.78 Å². The van der Waals surface area contributed by atoms with Crippen molar-refractivity contribution >= 4 is 56.6 Å². The number of thiophene rings is 1. The molecule has 3 aliphatic heterocycles. The van der Waals surface area contributed by atoms with Crippen molar-refractivity contribution in [3.63, 3.8) is 0 Å². The number of hydrogen-bond acceptors (Lipinski definition) is 9. The highest BCUT2D eigenvalue weighted by Gasteiger charge is 2.34. The first-order valence-electron chi connectivity index (χ1n) is 13.5. The van der Waals surface area contributed by atoms with Crippen molar-refractivity contribution in [1.29, 1.82) is 5.26 Å². The van der Waals surface area contributed by atoms with Gasteiger partial charge in [0.1, 0.15) is 28.2 Å².